The van der Waals surface area contributed by atoms with Gasteiger partial charge in [0.05, 0.1) is 6.10 Å². The number of fused-ring (bicyclic) bond motifs is 8. The van der Waals surface area contributed by atoms with Crippen LogP contribution < -0.4 is 25.7 Å². The standard InChI is InChI=1S/C34H38N4O5.Fe/c1-7-20-17(3)24-14-29-33(43)34(6,8-2)30(38-29)16-25-19(5)22(10-12-32(41)42)28(37-25)15-27-21(9-11-31(39)40)18(4)23(36-27)13-26(20)35-24;/h13-16,33,43H,7-12H2,1-6H3,(H,39,40)(H,41,42);/q-4;+4/b23-13-,27-15-,29-14-,30-16-;. The van der Waals surface area contributed by atoms with Crippen LogP contribution >= 0.6 is 0 Å². The summed E-state index contributed by atoms with van der Waals surface area (Å²) in [6.45, 7) is 12.0. The summed E-state index contributed by atoms with van der Waals surface area (Å²) in [5, 5.41) is 36.7. The third kappa shape index (κ3) is 5.86. The topological polar surface area (TPSA) is 151 Å². The van der Waals surface area contributed by atoms with Crippen molar-refractivity contribution in [1.82, 2.24) is 15.0 Å². The largest absolute Gasteiger partial charge is 4.00 e. The number of aliphatic hydroxyl groups is 1. The maximum absolute atomic E-state index is 11.6. The van der Waals surface area contributed by atoms with Crippen LogP contribution in [0.25, 0.3) is 29.6 Å². The smallest absolute Gasteiger partial charge is 0.662 e. The Morgan fingerprint density at radius 2 is 1.30 bits per heavy atom. The van der Waals surface area contributed by atoms with E-state index in [-0.39, 0.29) is 36.3 Å². The fourth-order valence-corrected chi connectivity index (χ4v) is 6.21. The first-order valence-corrected chi connectivity index (χ1v) is 14.8. The average Bonchev–Trinajstić information content (AvgIpc) is 3.59. The van der Waals surface area contributed by atoms with E-state index in [1.165, 1.54) is 0 Å². The molecule has 0 aromatic carbocycles. The molecule has 0 radical (unpaired) electrons. The first-order chi connectivity index (χ1) is 20.4. The average molecular weight is 639 g/mol. The molecule has 2 aliphatic heterocycles. The van der Waals surface area contributed by atoms with E-state index in [2.05, 4.69) is 6.92 Å². The molecule has 5 rings (SSSR count). The van der Waals surface area contributed by atoms with Crippen molar-refractivity contribution in [3.63, 3.8) is 0 Å². The van der Waals surface area contributed by atoms with Crippen molar-refractivity contribution in [2.45, 2.75) is 86.2 Å². The maximum atomic E-state index is 11.6. The van der Waals surface area contributed by atoms with Crippen LogP contribution in [-0.2, 0) is 45.9 Å². The Labute approximate surface area is 267 Å². The van der Waals surface area contributed by atoms with Crippen molar-refractivity contribution in [3.8, 4) is 0 Å². The first-order valence-electron chi connectivity index (χ1n) is 14.8. The van der Waals surface area contributed by atoms with Crippen LogP contribution in [-0.4, -0.2) is 33.4 Å². The van der Waals surface area contributed by atoms with Crippen molar-refractivity contribution in [1.29, 1.82) is 0 Å². The van der Waals surface area contributed by atoms with Gasteiger partial charge in [-0.25, -0.2) is 0 Å². The minimum Gasteiger partial charge on any atom is -0.662 e. The molecule has 44 heavy (non-hydrogen) atoms. The van der Waals surface area contributed by atoms with E-state index < -0.39 is 23.5 Å². The van der Waals surface area contributed by atoms with Crippen LogP contribution in [0.4, 0.5) is 0 Å². The molecule has 0 saturated carbocycles. The van der Waals surface area contributed by atoms with Gasteiger partial charge in [0.1, 0.15) is 0 Å². The second-order valence-corrected chi connectivity index (χ2v) is 11.8. The van der Waals surface area contributed by atoms with Crippen LogP contribution in [0.2, 0.25) is 0 Å². The minimum atomic E-state index is -0.906. The SMILES string of the molecule is CCc1c2[n-]c(c1C)/C=C1\[N-]/C(=C\c3[n-]c(c(CCC(=O)O)c3C)/C=c3\[n-]/c(c(C)c3CCC(=O)O)=C\2)C(C)(CC)C1O.[Fe+4]. The molecule has 0 aliphatic carbocycles. The molecule has 2 unspecified atom stereocenters. The minimum absolute atomic E-state index is 0. The molecule has 3 aromatic rings. The Hall–Kier alpha value is -3.72. The van der Waals surface area contributed by atoms with Crippen LogP contribution in [0, 0.1) is 26.2 Å². The van der Waals surface area contributed by atoms with Gasteiger partial charge in [0.15, 0.2) is 0 Å². The second kappa shape index (κ2) is 12.7. The molecule has 2 aliphatic rings. The molecule has 1 saturated heterocycles. The van der Waals surface area contributed by atoms with Crippen LogP contribution in [0.5, 0.6) is 0 Å². The van der Waals surface area contributed by atoms with Crippen LogP contribution in [0.3, 0.4) is 0 Å². The Morgan fingerprint density at radius 3 is 1.89 bits per heavy atom. The van der Waals surface area contributed by atoms with Gasteiger partial charge in [-0.1, -0.05) is 78.5 Å². The number of nitrogens with zero attached hydrogens (tertiary/aromatic N) is 4. The van der Waals surface area contributed by atoms with Gasteiger partial charge in [-0.05, 0) is 46.5 Å². The molecule has 10 heteroatoms. The zero-order valence-corrected chi connectivity index (χ0v) is 27.0. The van der Waals surface area contributed by atoms with Gasteiger partial charge in [0, 0.05) is 18.3 Å². The molecular formula is C34H38FeN4O5. The summed E-state index contributed by atoms with van der Waals surface area (Å²) in [6, 6.07) is 0. The molecule has 8 bridgehead atoms. The molecule has 5 heterocycles. The Kier molecular flexibility index (Phi) is 9.59. The number of aliphatic hydroxyl groups excluding tert-OH is 1. The van der Waals surface area contributed by atoms with Crippen LogP contribution in [0.15, 0.2) is 11.4 Å². The summed E-state index contributed by atoms with van der Waals surface area (Å²) in [5.74, 6) is -1.80. The van der Waals surface area contributed by atoms with E-state index in [1.54, 1.807) is 0 Å². The van der Waals surface area contributed by atoms with Gasteiger partial charge >= 0.3 is 29.0 Å². The van der Waals surface area contributed by atoms with Gasteiger partial charge in [0.2, 0.25) is 0 Å². The quantitative estimate of drug-likeness (QED) is 0.317. The van der Waals surface area contributed by atoms with Gasteiger partial charge < -0.3 is 35.6 Å². The molecule has 2 atom stereocenters. The Bertz CT molecular complexity index is 1800. The fraction of sp³-hybridized carbons (Fsp3) is 0.412. The monoisotopic (exact) mass is 638 g/mol. The number of hydrogen-bond donors (Lipinski definition) is 3. The second-order valence-electron chi connectivity index (χ2n) is 11.8. The molecule has 0 spiro atoms. The van der Waals surface area contributed by atoms with Gasteiger partial charge in [-0.15, -0.1) is 39.2 Å². The molecule has 3 aromatic heterocycles. The van der Waals surface area contributed by atoms with Gasteiger partial charge in [-0.2, -0.15) is 5.70 Å². The van der Waals surface area contributed by atoms with E-state index in [0.29, 0.717) is 46.3 Å². The van der Waals surface area contributed by atoms with E-state index in [1.807, 2.05) is 58.9 Å². The van der Waals surface area contributed by atoms with Gasteiger partial charge in [-0.3, -0.25) is 9.59 Å². The number of hydrogen-bond acceptors (Lipinski definition) is 3. The van der Waals surface area contributed by atoms with E-state index in [9.17, 15) is 24.9 Å². The summed E-state index contributed by atoms with van der Waals surface area (Å²) in [6.07, 6.45) is 8.59. The number of carbonyl (C=O) groups is 2. The summed E-state index contributed by atoms with van der Waals surface area (Å²) >= 11 is 0. The number of carboxylic acid groups (broad SMARTS) is 2. The molecular weight excluding hydrogens is 600 g/mol. The summed E-state index contributed by atoms with van der Waals surface area (Å²) in [7, 11) is 0. The fourth-order valence-electron chi connectivity index (χ4n) is 6.21. The van der Waals surface area contributed by atoms with Crippen molar-refractivity contribution in [3.05, 3.63) is 83.6 Å². The van der Waals surface area contributed by atoms with Gasteiger partial charge in [0.25, 0.3) is 0 Å². The zero-order chi connectivity index (χ0) is 31.2. The molecule has 3 N–H and O–H groups in total. The summed E-state index contributed by atoms with van der Waals surface area (Å²) in [5.41, 5.74) is 8.82. The molecule has 1 fully saturated rings. The number of aromatic nitrogens is 3. The van der Waals surface area contributed by atoms with E-state index >= 15 is 0 Å². The predicted octanol–water partition coefficient (Wildman–Crippen LogP) is 3.60. The number of aliphatic carboxylic acids is 2. The third-order valence-electron chi connectivity index (χ3n) is 9.25. The molecule has 9 nitrogen and oxygen atoms in total. The van der Waals surface area contributed by atoms with E-state index in [0.717, 1.165) is 51.2 Å². The molecule has 232 valence electrons. The number of carboxylic acids is 2. The first kappa shape index (κ1) is 33.2. The Balaban J connectivity index is 0.00000442. The van der Waals surface area contributed by atoms with Crippen molar-refractivity contribution >= 4 is 36.2 Å². The zero-order valence-electron chi connectivity index (χ0n) is 25.9. The normalized spacial score (nSPS) is 22.8. The Morgan fingerprint density at radius 1 is 0.750 bits per heavy atom. The van der Waals surface area contributed by atoms with Crippen molar-refractivity contribution in [2.75, 3.05) is 0 Å². The number of rotatable bonds is 8. The van der Waals surface area contributed by atoms with Crippen molar-refractivity contribution < 1.29 is 42.0 Å². The maximum Gasteiger partial charge on any atom is 4.00 e. The molecule has 0 amide bonds. The van der Waals surface area contributed by atoms with Crippen LogP contribution in [0.1, 0.15) is 96.2 Å². The summed E-state index contributed by atoms with van der Waals surface area (Å²) in [4.78, 5) is 38.0. The summed E-state index contributed by atoms with van der Waals surface area (Å²) < 4.78 is 0. The third-order valence-corrected chi connectivity index (χ3v) is 9.25. The van der Waals surface area contributed by atoms with Crippen molar-refractivity contribution in [2.24, 2.45) is 5.41 Å². The predicted molar refractivity (Wildman–Crippen MR) is 165 cm³/mol. The van der Waals surface area contributed by atoms with E-state index in [4.69, 9.17) is 20.3 Å².